The van der Waals surface area contributed by atoms with Gasteiger partial charge in [-0.3, -0.25) is 0 Å². The van der Waals surface area contributed by atoms with Crippen molar-refractivity contribution in [2.24, 2.45) is 0 Å². The van der Waals surface area contributed by atoms with Crippen LogP contribution in [0.1, 0.15) is 17.4 Å². The molecule has 0 aliphatic carbocycles. The summed E-state index contributed by atoms with van der Waals surface area (Å²) in [4.78, 5) is 0. The average molecular weight is 273 g/mol. The summed E-state index contributed by atoms with van der Waals surface area (Å²) < 4.78 is 5.54. The Morgan fingerprint density at radius 2 is 2.05 bits per heavy atom. The molecule has 100 valence electrons. The van der Waals surface area contributed by atoms with Gasteiger partial charge in [0.2, 0.25) is 0 Å². The van der Waals surface area contributed by atoms with Crippen molar-refractivity contribution in [1.82, 2.24) is 5.32 Å². The number of thioether (sulfide) groups is 1. The molecule has 2 rings (SSSR count). The van der Waals surface area contributed by atoms with Gasteiger partial charge in [-0.05, 0) is 17.7 Å². The SMILES string of the molecule is C=CCSCCNC(c1ccccc1)c1ccco1. The van der Waals surface area contributed by atoms with Gasteiger partial charge < -0.3 is 9.73 Å². The lowest BCUT2D eigenvalue weighted by atomic mass is 10.0. The molecule has 0 saturated carbocycles. The third-order valence-electron chi connectivity index (χ3n) is 2.79. The van der Waals surface area contributed by atoms with Crippen LogP contribution in [-0.4, -0.2) is 18.1 Å². The first-order valence-corrected chi connectivity index (χ1v) is 7.57. The molecule has 1 heterocycles. The Kier molecular flexibility index (Phi) is 5.79. The monoisotopic (exact) mass is 273 g/mol. The van der Waals surface area contributed by atoms with Gasteiger partial charge in [0.1, 0.15) is 5.76 Å². The van der Waals surface area contributed by atoms with Crippen LogP contribution >= 0.6 is 11.8 Å². The molecule has 0 spiro atoms. The lowest BCUT2D eigenvalue weighted by Crippen LogP contribution is -2.24. The summed E-state index contributed by atoms with van der Waals surface area (Å²) >= 11 is 1.88. The van der Waals surface area contributed by atoms with E-state index in [0.29, 0.717) is 0 Å². The fraction of sp³-hybridized carbons (Fsp3) is 0.250. The molecular weight excluding hydrogens is 254 g/mol. The van der Waals surface area contributed by atoms with Crippen LogP contribution < -0.4 is 5.32 Å². The Labute approximate surface area is 118 Å². The van der Waals surface area contributed by atoms with Crippen molar-refractivity contribution < 1.29 is 4.42 Å². The predicted molar refractivity (Wildman–Crippen MR) is 82.5 cm³/mol. The third kappa shape index (κ3) is 4.30. The minimum atomic E-state index is 0.125. The second kappa shape index (κ2) is 7.87. The number of hydrogen-bond acceptors (Lipinski definition) is 3. The molecule has 1 aromatic carbocycles. The second-order valence-corrected chi connectivity index (χ2v) is 5.33. The minimum absolute atomic E-state index is 0.125. The van der Waals surface area contributed by atoms with Gasteiger partial charge in [-0.1, -0.05) is 36.4 Å². The molecule has 0 saturated heterocycles. The first kappa shape index (κ1) is 14.0. The van der Waals surface area contributed by atoms with E-state index in [1.807, 2.05) is 36.0 Å². The van der Waals surface area contributed by atoms with E-state index in [9.17, 15) is 0 Å². The first-order valence-electron chi connectivity index (χ1n) is 6.42. The van der Waals surface area contributed by atoms with E-state index in [1.54, 1.807) is 6.26 Å². The third-order valence-corrected chi connectivity index (χ3v) is 3.76. The van der Waals surface area contributed by atoms with Crippen LogP contribution in [0.15, 0.2) is 65.8 Å². The molecule has 2 nitrogen and oxygen atoms in total. The highest BCUT2D eigenvalue weighted by Gasteiger charge is 2.15. The number of benzene rings is 1. The molecular formula is C16H19NOS. The van der Waals surface area contributed by atoms with Crippen molar-refractivity contribution in [1.29, 1.82) is 0 Å². The molecule has 1 unspecified atom stereocenters. The standard InChI is InChI=1S/C16H19NOS/c1-2-12-19-13-10-17-16(15-9-6-11-18-15)14-7-4-3-5-8-14/h2-9,11,16-17H,1,10,12-13H2. The maximum absolute atomic E-state index is 5.54. The van der Waals surface area contributed by atoms with E-state index in [2.05, 4.69) is 36.2 Å². The topological polar surface area (TPSA) is 25.2 Å². The van der Waals surface area contributed by atoms with E-state index in [4.69, 9.17) is 4.42 Å². The van der Waals surface area contributed by atoms with Crippen LogP contribution in [0.2, 0.25) is 0 Å². The highest BCUT2D eigenvalue weighted by molar-refractivity contribution is 7.99. The fourth-order valence-electron chi connectivity index (χ4n) is 1.93. The molecule has 0 bridgehead atoms. The van der Waals surface area contributed by atoms with E-state index < -0.39 is 0 Å². The quantitative estimate of drug-likeness (QED) is 0.584. The molecule has 3 heteroatoms. The average Bonchev–Trinajstić information content (AvgIpc) is 2.98. The molecule has 1 atom stereocenters. The lowest BCUT2D eigenvalue weighted by molar-refractivity contribution is 0.453. The number of hydrogen-bond donors (Lipinski definition) is 1. The molecule has 0 aliphatic rings. The highest BCUT2D eigenvalue weighted by atomic mass is 32.2. The van der Waals surface area contributed by atoms with Gasteiger partial charge in [0.05, 0.1) is 12.3 Å². The summed E-state index contributed by atoms with van der Waals surface area (Å²) in [7, 11) is 0. The van der Waals surface area contributed by atoms with Gasteiger partial charge in [0, 0.05) is 18.1 Å². The van der Waals surface area contributed by atoms with Crippen LogP contribution in [0, 0.1) is 0 Å². The zero-order valence-corrected chi connectivity index (χ0v) is 11.7. The minimum Gasteiger partial charge on any atom is -0.467 e. The van der Waals surface area contributed by atoms with Crippen molar-refractivity contribution in [3.63, 3.8) is 0 Å². The summed E-state index contributed by atoms with van der Waals surface area (Å²) in [5.74, 6) is 3.02. The van der Waals surface area contributed by atoms with Gasteiger partial charge >= 0.3 is 0 Å². The largest absolute Gasteiger partial charge is 0.467 e. The van der Waals surface area contributed by atoms with Crippen LogP contribution in [0.25, 0.3) is 0 Å². The Balaban J connectivity index is 1.98. The Bertz CT molecular complexity index is 467. The summed E-state index contributed by atoms with van der Waals surface area (Å²) in [6, 6.07) is 14.5. The molecule has 2 aromatic rings. The molecule has 19 heavy (non-hydrogen) atoms. The zero-order chi connectivity index (χ0) is 13.3. The van der Waals surface area contributed by atoms with Crippen molar-refractivity contribution in [3.8, 4) is 0 Å². The zero-order valence-electron chi connectivity index (χ0n) is 10.9. The number of rotatable bonds is 8. The smallest absolute Gasteiger partial charge is 0.125 e. The molecule has 1 N–H and O–H groups in total. The maximum atomic E-state index is 5.54. The molecule has 0 fully saturated rings. The Hall–Kier alpha value is -1.45. The second-order valence-electron chi connectivity index (χ2n) is 4.18. The predicted octanol–water partition coefficient (Wildman–Crippen LogP) is 3.88. The van der Waals surface area contributed by atoms with Gasteiger partial charge in [0.25, 0.3) is 0 Å². The van der Waals surface area contributed by atoms with Crippen LogP contribution in [-0.2, 0) is 0 Å². The van der Waals surface area contributed by atoms with Crippen molar-refractivity contribution in [2.75, 3.05) is 18.1 Å². The number of nitrogens with one attached hydrogen (secondary N) is 1. The summed E-state index contributed by atoms with van der Waals surface area (Å²) in [6.45, 7) is 4.67. The molecule has 0 radical (unpaired) electrons. The van der Waals surface area contributed by atoms with Crippen molar-refractivity contribution in [3.05, 3.63) is 72.7 Å². The summed E-state index contributed by atoms with van der Waals surface area (Å²) in [5, 5.41) is 3.55. The van der Waals surface area contributed by atoms with Crippen molar-refractivity contribution in [2.45, 2.75) is 6.04 Å². The van der Waals surface area contributed by atoms with Crippen molar-refractivity contribution >= 4 is 11.8 Å². The van der Waals surface area contributed by atoms with Crippen LogP contribution in [0.4, 0.5) is 0 Å². The molecule has 1 aromatic heterocycles. The van der Waals surface area contributed by atoms with E-state index >= 15 is 0 Å². The fourth-order valence-corrected chi connectivity index (χ4v) is 2.52. The highest BCUT2D eigenvalue weighted by Crippen LogP contribution is 2.22. The molecule has 0 amide bonds. The van der Waals surface area contributed by atoms with Crippen LogP contribution in [0.3, 0.4) is 0 Å². The van der Waals surface area contributed by atoms with Crippen LogP contribution in [0.5, 0.6) is 0 Å². The maximum Gasteiger partial charge on any atom is 0.125 e. The normalized spacial score (nSPS) is 12.2. The number of furan rings is 1. The van der Waals surface area contributed by atoms with E-state index in [1.165, 1.54) is 5.56 Å². The van der Waals surface area contributed by atoms with Gasteiger partial charge in [0.15, 0.2) is 0 Å². The van der Waals surface area contributed by atoms with E-state index in [-0.39, 0.29) is 6.04 Å². The first-order chi connectivity index (χ1) is 9.42. The Morgan fingerprint density at radius 3 is 2.74 bits per heavy atom. The lowest BCUT2D eigenvalue weighted by Gasteiger charge is -2.17. The molecule has 0 aliphatic heterocycles. The van der Waals surface area contributed by atoms with Gasteiger partial charge in [-0.25, -0.2) is 0 Å². The summed E-state index contributed by atoms with van der Waals surface area (Å²) in [5.41, 5.74) is 1.23. The van der Waals surface area contributed by atoms with Gasteiger partial charge in [-0.2, -0.15) is 11.8 Å². The van der Waals surface area contributed by atoms with E-state index in [0.717, 1.165) is 23.8 Å². The van der Waals surface area contributed by atoms with Gasteiger partial charge in [-0.15, -0.1) is 6.58 Å². The summed E-state index contributed by atoms with van der Waals surface area (Å²) in [6.07, 6.45) is 3.66. The Morgan fingerprint density at radius 1 is 1.21 bits per heavy atom.